The van der Waals surface area contributed by atoms with Gasteiger partial charge in [0.1, 0.15) is 18.3 Å². The summed E-state index contributed by atoms with van der Waals surface area (Å²) < 4.78 is 35.0. The zero-order chi connectivity index (χ0) is 33.3. The Morgan fingerprint density at radius 3 is 2.17 bits per heavy atom. The lowest BCUT2D eigenvalue weighted by Gasteiger charge is -2.34. The molecule has 2 amide bonds. The summed E-state index contributed by atoms with van der Waals surface area (Å²) in [4.78, 5) is 29.5. The fourth-order valence-electron chi connectivity index (χ4n) is 4.92. The third-order valence-corrected chi connectivity index (χ3v) is 9.68. The lowest BCUT2D eigenvalue weighted by Crippen LogP contribution is -2.53. The number of likely N-dealkylation sites (N-methyl/N-ethyl adjacent to an activating group) is 1. The fraction of sp³-hybridized carbons (Fsp3) is 0.257. The molecule has 0 aliphatic carbocycles. The van der Waals surface area contributed by atoms with E-state index in [1.54, 1.807) is 61.5 Å². The predicted octanol–water partition coefficient (Wildman–Crippen LogP) is 6.67. The van der Waals surface area contributed by atoms with E-state index in [9.17, 15) is 18.0 Å². The molecule has 8 nitrogen and oxygen atoms in total. The predicted molar refractivity (Wildman–Crippen MR) is 183 cm³/mol. The number of hydrogen-bond donors (Lipinski definition) is 1. The van der Waals surface area contributed by atoms with E-state index >= 15 is 0 Å². The van der Waals surface area contributed by atoms with Crippen LogP contribution in [0, 0.1) is 6.92 Å². The number of carbonyl (C=O) groups is 2. The minimum Gasteiger partial charge on any atom is -0.494 e. The van der Waals surface area contributed by atoms with E-state index in [1.165, 1.54) is 17.0 Å². The summed E-state index contributed by atoms with van der Waals surface area (Å²) in [7, 11) is -4.23. The Hall–Kier alpha value is -4.05. The Morgan fingerprint density at radius 1 is 0.891 bits per heavy atom. The summed E-state index contributed by atoms with van der Waals surface area (Å²) in [6, 6.07) is 26.2. The van der Waals surface area contributed by atoms with E-state index in [1.807, 2.05) is 44.2 Å². The molecule has 46 heavy (non-hydrogen) atoms. The molecule has 0 aliphatic rings. The third-order valence-electron chi connectivity index (χ3n) is 7.30. The van der Waals surface area contributed by atoms with Gasteiger partial charge in [-0.15, -0.1) is 0 Å². The monoisotopic (exact) mass is 681 g/mol. The Labute approximate surface area is 280 Å². The van der Waals surface area contributed by atoms with Crippen molar-refractivity contribution in [2.45, 2.75) is 44.7 Å². The summed E-state index contributed by atoms with van der Waals surface area (Å²) in [5.41, 5.74) is 2.53. The maximum Gasteiger partial charge on any atom is 0.264 e. The molecule has 0 saturated carbocycles. The molecule has 0 aromatic heterocycles. The third kappa shape index (κ3) is 8.81. The zero-order valence-corrected chi connectivity index (χ0v) is 28.3. The number of benzene rings is 4. The average molecular weight is 683 g/mol. The molecular weight excluding hydrogens is 645 g/mol. The molecule has 0 unspecified atom stereocenters. The summed E-state index contributed by atoms with van der Waals surface area (Å²) in [5.74, 6) is -0.412. The van der Waals surface area contributed by atoms with E-state index in [2.05, 4.69) is 5.32 Å². The molecule has 1 atom stereocenters. The highest BCUT2D eigenvalue weighted by molar-refractivity contribution is 7.92. The normalized spacial score (nSPS) is 11.8. The van der Waals surface area contributed by atoms with Crippen molar-refractivity contribution >= 4 is 50.7 Å². The van der Waals surface area contributed by atoms with Gasteiger partial charge in [-0.25, -0.2) is 8.42 Å². The maximum absolute atomic E-state index is 14.5. The number of nitrogens with one attached hydrogen (secondary N) is 1. The number of sulfonamides is 1. The van der Waals surface area contributed by atoms with Crippen molar-refractivity contribution < 1.29 is 22.7 Å². The second-order valence-electron chi connectivity index (χ2n) is 10.6. The molecule has 4 aromatic rings. The number of halogens is 2. The number of carbonyl (C=O) groups excluding carboxylic acids is 2. The van der Waals surface area contributed by atoms with Gasteiger partial charge in [0, 0.05) is 29.6 Å². The molecule has 0 fully saturated rings. The van der Waals surface area contributed by atoms with Crippen molar-refractivity contribution in [1.82, 2.24) is 10.2 Å². The first-order valence-corrected chi connectivity index (χ1v) is 17.1. The molecular formula is C35H37Cl2N3O5S. The zero-order valence-electron chi connectivity index (χ0n) is 26.0. The maximum atomic E-state index is 14.5. The highest BCUT2D eigenvalue weighted by atomic mass is 35.5. The van der Waals surface area contributed by atoms with E-state index in [0.717, 1.165) is 15.4 Å². The molecule has 0 saturated heterocycles. The van der Waals surface area contributed by atoms with Crippen LogP contribution in [0.5, 0.6) is 5.75 Å². The SMILES string of the molecule is CCNC(=O)[C@H](Cc1ccccc1)N(Cc1ccc(Cl)cc1Cl)C(=O)CN(c1ccc(OCC)cc1)S(=O)(=O)c1ccc(C)cc1. The number of rotatable bonds is 14. The average Bonchev–Trinajstić information content (AvgIpc) is 3.03. The van der Waals surface area contributed by atoms with E-state index in [4.69, 9.17) is 27.9 Å². The van der Waals surface area contributed by atoms with Crippen molar-refractivity contribution in [1.29, 1.82) is 0 Å². The van der Waals surface area contributed by atoms with Gasteiger partial charge in [0.05, 0.1) is 17.2 Å². The molecule has 11 heteroatoms. The molecule has 4 rings (SSSR count). The number of amides is 2. The van der Waals surface area contributed by atoms with Crippen molar-refractivity contribution in [3.05, 3.63) is 124 Å². The molecule has 1 N–H and O–H groups in total. The van der Waals surface area contributed by atoms with E-state index < -0.39 is 28.5 Å². The summed E-state index contributed by atoms with van der Waals surface area (Å²) >= 11 is 12.7. The van der Waals surface area contributed by atoms with Crippen molar-refractivity contribution in [2.75, 3.05) is 24.0 Å². The van der Waals surface area contributed by atoms with Crippen LogP contribution in [0.1, 0.15) is 30.5 Å². The van der Waals surface area contributed by atoms with Gasteiger partial charge >= 0.3 is 0 Å². The second-order valence-corrected chi connectivity index (χ2v) is 13.3. The first kappa shape index (κ1) is 34.8. The van der Waals surface area contributed by atoms with Gasteiger partial charge in [-0.3, -0.25) is 13.9 Å². The van der Waals surface area contributed by atoms with Crippen LogP contribution < -0.4 is 14.4 Å². The van der Waals surface area contributed by atoms with Gasteiger partial charge in [-0.2, -0.15) is 0 Å². The first-order chi connectivity index (χ1) is 22.0. The van der Waals surface area contributed by atoms with Gasteiger partial charge in [-0.05, 0) is 80.4 Å². The largest absolute Gasteiger partial charge is 0.494 e. The number of nitrogens with zero attached hydrogens (tertiary/aromatic N) is 2. The highest BCUT2D eigenvalue weighted by Gasteiger charge is 2.34. The van der Waals surface area contributed by atoms with Gasteiger partial charge in [0.25, 0.3) is 10.0 Å². The Kier molecular flexibility index (Phi) is 12.1. The molecule has 0 radical (unpaired) electrons. The summed E-state index contributed by atoms with van der Waals surface area (Å²) in [6.07, 6.45) is 0.192. The number of aryl methyl sites for hydroxylation is 1. The highest BCUT2D eigenvalue weighted by Crippen LogP contribution is 2.28. The van der Waals surface area contributed by atoms with Gasteiger partial charge < -0.3 is 15.0 Å². The van der Waals surface area contributed by atoms with Gasteiger partial charge in [0.15, 0.2) is 0 Å². The number of ether oxygens (including phenoxy) is 1. The molecule has 4 aromatic carbocycles. The Balaban J connectivity index is 1.81. The fourth-order valence-corrected chi connectivity index (χ4v) is 6.80. The van der Waals surface area contributed by atoms with Crippen molar-refractivity contribution in [3.8, 4) is 5.75 Å². The van der Waals surface area contributed by atoms with E-state index in [0.29, 0.717) is 34.5 Å². The van der Waals surface area contributed by atoms with Gasteiger partial charge in [-0.1, -0.05) is 77.3 Å². The first-order valence-electron chi connectivity index (χ1n) is 14.9. The van der Waals surface area contributed by atoms with Crippen molar-refractivity contribution in [2.24, 2.45) is 0 Å². The van der Waals surface area contributed by atoms with Gasteiger partial charge in [0.2, 0.25) is 11.8 Å². The smallest absolute Gasteiger partial charge is 0.264 e. The van der Waals surface area contributed by atoms with Crippen LogP contribution in [0.4, 0.5) is 5.69 Å². The molecule has 0 aliphatic heterocycles. The topological polar surface area (TPSA) is 96.0 Å². The molecule has 242 valence electrons. The van der Waals surface area contributed by atoms with Crippen LogP contribution >= 0.6 is 23.2 Å². The lowest BCUT2D eigenvalue weighted by atomic mass is 10.0. The molecule has 0 heterocycles. The van der Waals surface area contributed by atoms with Crippen LogP contribution in [0.25, 0.3) is 0 Å². The van der Waals surface area contributed by atoms with Crippen LogP contribution in [-0.2, 0) is 32.6 Å². The molecule has 0 bridgehead atoms. The van der Waals surface area contributed by atoms with Crippen LogP contribution in [-0.4, -0.2) is 50.9 Å². The Bertz CT molecular complexity index is 1730. The quantitative estimate of drug-likeness (QED) is 0.160. The second kappa shape index (κ2) is 16.0. The minimum absolute atomic E-state index is 0.0247. The van der Waals surface area contributed by atoms with E-state index in [-0.39, 0.29) is 29.5 Å². The van der Waals surface area contributed by atoms with Crippen LogP contribution in [0.2, 0.25) is 10.0 Å². The Morgan fingerprint density at radius 2 is 1.57 bits per heavy atom. The van der Waals surface area contributed by atoms with Crippen molar-refractivity contribution in [3.63, 3.8) is 0 Å². The lowest BCUT2D eigenvalue weighted by molar-refractivity contribution is -0.140. The van der Waals surface area contributed by atoms with Crippen LogP contribution in [0.3, 0.4) is 0 Å². The number of anilines is 1. The number of hydrogen-bond acceptors (Lipinski definition) is 5. The summed E-state index contributed by atoms with van der Waals surface area (Å²) in [5, 5.41) is 3.58. The standard InChI is InChI=1S/C35H37Cl2N3O5S/c1-4-38-35(42)33(21-26-9-7-6-8-10-26)39(23-27-13-14-28(36)22-32(27)37)34(41)24-40(29-15-17-30(18-16-29)45-5-2)46(43,44)31-19-11-25(3)12-20-31/h6-20,22,33H,4-5,21,23-24H2,1-3H3,(H,38,42)/t33-/m0/s1. The van der Waals surface area contributed by atoms with Crippen LogP contribution in [0.15, 0.2) is 102 Å². The molecule has 0 spiro atoms. The minimum atomic E-state index is -4.23. The summed E-state index contributed by atoms with van der Waals surface area (Å²) in [6.45, 7) is 5.63.